The molecule has 1 aliphatic heterocycles. The average molecular weight is 330 g/mol. The number of aryl methyl sites for hydroxylation is 2. The molecule has 1 heterocycles. The highest BCUT2D eigenvalue weighted by molar-refractivity contribution is 6.23. The average Bonchev–Trinajstić information content (AvgIpc) is 2.78. The molecule has 4 nitrogen and oxygen atoms in total. The first-order valence-corrected chi connectivity index (χ1v) is 7.52. The van der Waals surface area contributed by atoms with Crippen LogP contribution in [0.4, 0.5) is 20.2 Å². The Morgan fingerprint density at radius 1 is 1.04 bits per heavy atom. The summed E-state index contributed by atoms with van der Waals surface area (Å²) in [5, 5.41) is 2.80. The minimum atomic E-state index is -1.01. The predicted octanol–water partition coefficient (Wildman–Crippen LogP) is 3.33. The van der Waals surface area contributed by atoms with Crippen LogP contribution in [0.1, 0.15) is 17.5 Å². The Morgan fingerprint density at radius 3 is 2.46 bits per heavy atom. The minimum Gasteiger partial charge on any atom is -0.373 e. The van der Waals surface area contributed by atoms with Gasteiger partial charge in [-0.1, -0.05) is 17.7 Å². The van der Waals surface area contributed by atoms with Gasteiger partial charge in [-0.3, -0.25) is 9.59 Å². The van der Waals surface area contributed by atoms with Gasteiger partial charge in [0, 0.05) is 11.8 Å². The summed E-state index contributed by atoms with van der Waals surface area (Å²) in [5.41, 5.74) is 2.66. The van der Waals surface area contributed by atoms with Gasteiger partial charge in [-0.25, -0.2) is 13.7 Å². The zero-order valence-electron chi connectivity index (χ0n) is 13.3. The molecular formula is C18H16F2N2O2. The quantitative estimate of drug-likeness (QED) is 0.878. The molecule has 0 saturated carbocycles. The SMILES string of the molecule is Cc1ccc(N2C(=O)C[C@H](Nc3ccc(F)c(F)c3)C2=O)c(C)c1. The smallest absolute Gasteiger partial charge is 0.256 e. The largest absolute Gasteiger partial charge is 0.373 e. The van der Waals surface area contributed by atoms with Crippen molar-refractivity contribution in [3.63, 3.8) is 0 Å². The van der Waals surface area contributed by atoms with Gasteiger partial charge in [0.1, 0.15) is 6.04 Å². The third-order valence-electron chi connectivity index (χ3n) is 4.00. The molecule has 2 aromatic carbocycles. The lowest BCUT2D eigenvalue weighted by molar-refractivity contribution is -0.121. The van der Waals surface area contributed by atoms with Gasteiger partial charge < -0.3 is 5.32 Å². The van der Waals surface area contributed by atoms with Gasteiger partial charge in [-0.05, 0) is 37.6 Å². The highest BCUT2D eigenvalue weighted by Gasteiger charge is 2.40. The summed E-state index contributed by atoms with van der Waals surface area (Å²) in [5.74, 6) is -2.71. The number of nitrogens with one attached hydrogen (secondary N) is 1. The third kappa shape index (κ3) is 2.87. The number of imide groups is 1. The second kappa shape index (κ2) is 6.03. The van der Waals surface area contributed by atoms with Gasteiger partial charge in [-0.15, -0.1) is 0 Å². The maximum Gasteiger partial charge on any atom is 0.256 e. The van der Waals surface area contributed by atoms with Crippen LogP contribution in [0.25, 0.3) is 0 Å². The minimum absolute atomic E-state index is 0.0366. The lowest BCUT2D eigenvalue weighted by atomic mass is 10.1. The van der Waals surface area contributed by atoms with Crippen LogP contribution < -0.4 is 10.2 Å². The fourth-order valence-electron chi connectivity index (χ4n) is 2.84. The molecule has 124 valence electrons. The Hall–Kier alpha value is -2.76. The van der Waals surface area contributed by atoms with Crippen molar-refractivity contribution in [1.29, 1.82) is 0 Å². The van der Waals surface area contributed by atoms with Crippen molar-refractivity contribution in [2.24, 2.45) is 0 Å². The Morgan fingerprint density at radius 2 is 1.79 bits per heavy atom. The summed E-state index contributed by atoms with van der Waals surface area (Å²) in [6.45, 7) is 3.76. The molecule has 0 radical (unpaired) electrons. The van der Waals surface area contributed by atoms with E-state index in [1.54, 1.807) is 6.07 Å². The van der Waals surface area contributed by atoms with E-state index in [0.717, 1.165) is 28.2 Å². The molecule has 1 saturated heterocycles. The summed E-state index contributed by atoms with van der Waals surface area (Å²) in [6, 6.07) is 7.93. The number of hydrogen-bond donors (Lipinski definition) is 1. The number of hydrogen-bond acceptors (Lipinski definition) is 3. The molecule has 6 heteroatoms. The summed E-state index contributed by atoms with van der Waals surface area (Å²) >= 11 is 0. The van der Waals surface area contributed by atoms with Gasteiger partial charge in [0.15, 0.2) is 11.6 Å². The second-order valence-electron chi connectivity index (χ2n) is 5.89. The van der Waals surface area contributed by atoms with E-state index in [0.29, 0.717) is 5.69 Å². The van der Waals surface area contributed by atoms with Crippen LogP contribution >= 0.6 is 0 Å². The maximum atomic E-state index is 13.3. The standard InChI is InChI=1S/C18H16F2N2O2/c1-10-3-6-16(11(2)7-10)22-17(23)9-15(18(22)24)21-12-4-5-13(19)14(20)8-12/h3-8,15,21H,9H2,1-2H3/t15-/m0/s1. The fraction of sp³-hybridized carbons (Fsp3) is 0.222. The number of rotatable bonds is 3. The van der Waals surface area contributed by atoms with Crippen molar-refractivity contribution in [2.75, 3.05) is 10.2 Å². The van der Waals surface area contributed by atoms with E-state index < -0.39 is 23.6 Å². The van der Waals surface area contributed by atoms with E-state index in [1.165, 1.54) is 6.07 Å². The molecular weight excluding hydrogens is 314 g/mol. The second-order valence-corrected chi connectivity index (χ2v) is 5.89. The van der Waals surface area contributed by atoms with Gasteiger partial charge >= 0.3 is 0 Å². The van der Waals surface area contributed by atoms with Gasteiger partial charge in [0.2, 0.25) is 5.91 Å². The molecule has 1 N–H and O–H groups in total. The van der Waals surface area contributed by atoms with Crippen LogP contribution in [0.3, 0.4) is 0 Å². The van der Waals surface area contributed by atoms with E-state index in [9.17, 15) is 18.4 Å². The fourth-order valence-corrected chi connectivity index (χ4v) is 2.84. The number of anilines is 2. The molecule has 0 aliphatic carbocycles. The van der Waals surface area contributed by atoms with Crippen molar-refractivity contribution in [3.05, 3.63) is 59.2 Å². The molecule has 0 bridgehead atoms. The molecule has 2 amide bonds. The molecule has 2 aromatic rings. The molecule has 0 spiro atoms. The Labute approximate surface area is 138 Å². The Balaban J connectivity index is 1.84. The van der Waals surface area contributed by atoms with E-state index in [-0.39, 0.29) is 18.0 Å². The molecule has 24 heavy (non-hydrogen) atoms. The van der Waals surface area contributed by atoms with Gasteiger partial charge in [0.05, 0.1) is 12.1 Å². The maximum absolute atomic E-state index is 13.3. The number of amides is 2. The van der Waals surface area contributed by atoms with E-state index >= 15 is 0 Å². The first-order chi connectivity index (χ1) is 11.4. The normalized spacial score (nSPS) is 17.5. The summed E-state index contributed by atoms with van der Waals surface area (Å²) in [4.78, 5) is 26.0. The number of benzene rings is 2. The number of carbonyl (C=O) groups excluding carboxylic acids is 2. The van der Waals surface area contributed by atoms with E-state index in [2.05, 4.69) is 5.32 Å². The first kappa shape index (κ1) is 16.1. The summed E-state index contributed by atoms with van der Waals surface area (Å²) < 4.78 is 26.3. The molecule has 1 aliphatic rings. The highest BCUT2D eigenvalue weighted by Crippen LogP contribution is 2.28. The monoisotopic (exact) mass is 330 g/mol. The van der Waals surface area contributed by atoms with Crippen LogP contribution in [0.2, 0.25) is 0 Å². The Kier molecular flexibility index (Phi) is 4.05. The van der Waals surface area contributed by atoms with Crippen molar-refractivity contribution >= 4 is 23.2 Å². The van der Waals surface area contributed by atoms with Crippen LogP contribution in [-0.2, 0) is 9.59 Å². The topological polar surface area (TPSA) is 49.4 Å². The molecule has 0 unspecified atom stereocenters. The van der Waals surface area contributed by atoms with Crippen LogP contribution in [0, 0.1) is 25.5 Å². The van der Waals surface area contributed by atoms with Gasteiger partial charge in [0.25, 0.3) is 5.91 Å². The number of carbonyl (C=O) groups is 2. The third-order valence-corrected chi connectivity index (χ3v) is 4.00. The summed E-state index contributed by atoms with van der Waals surface area (Å²) in [6.07, 6.45) is -0.0366. The van der Waals surface area contributed by atoms with Crippen molar-refractivity contribution < 1.29 is 18.4 Å². The molecule has 1 atom stereocenters. The van der Waals surface area contributed by atoms with Crippen LogP contribution in [0.15, 0.2) is 36.4 Å². The Bertz CT molecular complexity index is 836. The zero-order valence-corrected chi connectivity index (χ0v) is 13.3. The number of halogens is 2. The van der Waals surface area contributed by atoms with Crippen molar-refractivity contribution in [2.45, 2.75) is 26.3 Å². The van der Waals surface area contributed by atoms with Crippen molar-refractivity contribution in [1.82, 2.24) is 0 Å². The van der Waals surface area contributed by atoms with E-state index in [4.69, 9.17) is 0 Å². The lowest BCUT2D eigenvalue weighted by Crippen LogP contribution is -2.35. The first-order valence-electron chi connectivity index (χ1n) is 7.52. The van der Waals surface area contributed by atoms with E-state index in [1.807, 2.05) is 26.0 Å². The van der Waals surface area contributed by atoms with Crippen LogP contribution in [0.5, 0.6) is 0 Å². The van der Waals surface area contributed by atoms with Crippen molar-refractivity contribution in [3.8, 4) is 0 Å². The lowest BCUT2D eigenvalue weighted by Gasteiger charge is -2.18. The zero-order chi connectivity index (χ0) is 17.4. The van der Waals surface area contributed by atoms with Crippen LogP contribution in [-0.4, -0.2) is 17.9 Å². The molecule has 3 rings (SSSR count). The predicted molar refractivity (Wildman–Crippen MR) is 86.8 cm³/mol. The molecule has 1 fully saturated rings. The van der Waals surface area contributed by atoms with Gasteiger partial charge in [-0.2, -0.15) is 0 Å². The number of nitrogens with zero attached hydrogens (tertiary/aromatic N) is 1. The molecule has 0 aromatic heterocycles. The summed E-state index contributed by atoms with van der Waals surface area (Å²) in [7, 11) is 0. The highest BCUT2D eigenvalue weighted by atomic mass is 19.2.